The first-order valence-electron chi connectivity index (χ1n) is 10.2. The molecule has 0 aromatic heterocycles. The van der Waals surface area contributed by atoms with E-state index in [1.54, 1.807) is 0 Å². The number of carbonyl (C=O) groups excluding carboxylic acids is 2. The number of hydrogen-bond donors (Lipinski definition) is 3. The normalized spacial score (nSPS) is 18.2. The van der Waals surface area contributed by atoms with Gasteiger partial charge in [0.1, 0.15) is 6.04 Å². The summed E-state index contributed by atoms with van der Waals surface area (Å²) in [6.45, 7) is 4.48. The Morgan fingerprint density at radius 1 is 1.21 bits per heavy atom. The molecule has 2 rings (SSSR count). The number of nitrogens with two attached hydrogens (primary N) is 1. The topological polar surface area (TPSA) is 105 Å². The molecule has 3 atom stereocenters. The van der Waals surface area contributed by atoms with Gasteiger partial charge in [-0.3, -0.25) is 14.5 Å². The van der Waals surface area contributed by atoms with Gasteiger partial charge in [0.05, 0.1) is 25.5 Å². The standard InChI is InChI=1S/C21H33N3O4/c1-2-3-5-10-17(25)20(22)21(27)23-19(24-11-13-28-14-12-24)15-18(26)16-8-6-4-7-9-16/h4,6-9,18-20,26H,2-3,5,10-15,22H2,1H3,(H,23,27). The fourth-order valence-corrected chi connectivity index (χ4v) is 3.32. The highest BCUT2D eigenvalue weighted by atomic mass is 16.5. The van der Waals surface area contributed by atoms with Crippen LogP contribution in [0.4, 0.5) is 0 Å². The number of amides is 1. The van der Waals surface area contributed by atoms with Crippen LogP contribution in [0.25, 0.3) is 0 Å². The van der Waals surface area contributed by atoms with E-state index in [9.17, 15) is 14.7 Å². The lowest BCUT2D eigenvalue weighted by Gasteiger charge is -2.36. The van der Waals surface area contributed by atoms with Crippen molar-refractivity contribution in [2.45, 2.75) is 57.3 Å². The molecule has 0 radical (unpaired) electrons. The molecule has 1 aromatic rings. The summed E-state index contributed by atoms with van der Waals surface area (Å²) in [5.41, 5.74) is 6.68. The Morgan fingerprint density at radius 3 is 2.54 bits per heavy atom. The monoisotopic (exact) mass is 391 g/mol. The summed E-state index contributed by atoms with van der Waals surface area (Å²) in [5, 5.41) is 13.5. The van der Waals surface area contributed by atoms with Crippen molar-refractivity contribution in [1.29, 1.82) is 0 Å². The maximum atomic E-state index is 12.6. The second-order valence-corrected chi connectivity index (χ2v) is 7.24. The highest BCUT2D eigenvalue weighted by molar-refractivity contribution is 6.05. The molecule has 0 bridgehead atoms. The van der Waals surface area contributed by atoms with Crippen LogP contribution in [0.3, 0.4) is 0 Å². The van der Waals surface area contributed by atoms with E-state index < -0.39 is 24.2 Å². The maximum absolute atomic E-state index is 12.6. The average molecular weight is 392 g/mol. The summed E-state index contributed by atoms with van der Waals surface area (Å²) in [6, 6.07) is 8.16. The molecule has 1 aliphatic heterocycles. The second kappa shape index (κ2) is 11.9. The molecule has 28 heavy (non-hydrogen) atoms. The first-order valence-corrected chi connectivity index (χ1v) is 10.2. The van der Waals surface area contributed by atoms with Crippen molar-refractivity contribution in [3.8, 4) is 0 Å². The van der Waals surface area contributed by atoms with E-state index in [0.29, 0.717) is 39.1 Å². The summed E-state index contributed by atoms with van der Waals surface area (Å²) >= 11 is 0. The summed E-state index contributed by atoms with van der Waals surface area (Å²) in [6.07, 6.45) is 2.18. The van der Waals surface area contributed by atoms with Crippen LogP contribution in [-0.2, 0) is 14.3 Å². The predicted molar refractivity (Wildman–Crippen MR) is 107 cm³/mol. The van der Waals surface area contributed by atoms with Gasteiger partial charge in [-0.05, 0) is 12.0 Å². The largest absolute Gasteiger partial charge is 0.388 e. The zero-order chi connectivity index (χ0) is 20.4. The minimum Gasteiger partial charge on any atom is -0.388 e. The van der Waals surface area contributed by atoms with E-state index in [1.807, 2.05) is 30.3 Å². The molecule has 0 spiro atoms. The summed E-state index contributed by atoms with van der Waals surface area (Å²) in [7, 11) is 0. The first-order chi connectivity index (χ1) is 13.5. The predicted octanol–water partition coefficient (Wildman–Crippen LogP) is 1.36. The number of aliphatic hydroxyl groups is 1. The third-order valence-corrected chi connectivity index (χ3v) is 5.08. The van der Waals surface area contributed by atoms with Gasteiger partial charge < -0.3 is 20.9 Å². The van der Waals surface area contributed by atoms with Crippen LogP contribution in [0.15, 0.2) is 30.3 Å². The van der Waals surface area contributed by atoms with Gasteiger partial charge in [0.25, 0.3) is 0 Å². The lowest BCUT2D eigenvalue weighted by Crippen LogP contribution is -2.57. The molecule has 7 nitrogen and oxygen atoms in total. The molecule has 0 aliphatic carbocycles. The lowest BCUT2D eigenvalue weighted by molar-refractivity contribution is -0.132. The lowest BCUT2D eigenvalue weighted by atomic mass is 10.0. The van der Waals surface area contributed by atoms with Crippen molar-refractivity contribution >= 4 is 11.7 Å². The van der Waals surface area contributed by atoms with Gasteiger partial charge in [0.15, 0.2) is 5.78 Å². The first kappa shape index (κ1) is 22.5. The quantitative estimate of drug-likeness (QED) is 0.389. The van der Waals surface area contributed by atoms with E-state index in [1.165, 1.54) is 0 Å². The third kappa shape index (κ3) is 6.98. The molecular formula is C21H33N3O4. The maximum Gasteiger partial charge on any atom is 0.245 e. The molecule has 156 valence electrons. The van der Waals surface area contributed by atoms with Crippen molar-refractivity contribution in [2.24, 2.45) is 5.73 Å². The van der Waals surface area contributed by atoms with E-state index in [-0.39, 0.29) is 5.78 Å². The van der Waals surface area contributed by atoms with Crippen LogP contribution in [0.5, 0.6) is 0 Å². The zero-order valence-corrected chi connectivity index (χ0v) is 16.7. The smallest absolute Gasteiger partial charge is 0.245 e. The summed E-state index contributed by atoms with van der Waals surface area (Å²) < 4.78 is 5.39. The molecule has 0 saturated carbocycles. The summed E-state index contributed by atoms with van der Waals surface area (Å²) in [5.74, 6) is -0.728. The number of benzene rings is 1. The van der Waals surface area contributed by atoms with Gasteiger partial charge in [0, 0.05) is 25.9 Å². The van der Waals surface area contributed by atoms with Crippen molar-refractivity contribution in [1.82, 2.24) is 10.2 Å². The Morgan fingerprint density at radius 2 is 1.89 bits per heavy atom. The van der Waals surface area contributed by atoms with Gasteiger partial charge in [-0.25, -0.2) is 0 Å². The Balaban J connectivity index is 2.00. The van der Waals surface area contributed by atoms with Crippen LogP contribution >= 0.6 is 0 Å². The number of nitrogens with one attached hydrogen (secondary N) is 1. The number of aliphatic hydroxyl groups excluding tert-OH is 1. The molecule has 1 heterocycles. The van der Waals surface area contributed by atoms with E-state index in [4.69, 9.17) is 10.5 Å². The van der Waals surface area contributed by atoms with Crippen molar-refractivity contribution in [3.63, 3.8) is 0 Å². The molecule has 4 N–H and O–H groups in total. The van der Waals surface area contributed by atoms with Crippen LogP contribution in [0.2, 0.25) is 0 Å². The Hall–Kier alpha value is -1.80. The Bertz CT molecular complexity index is 605. The number of ketones is 1. The summed E-state index contributed by atoms with van der Waals surface area (Å²) in [4.78, 5) is 26.8. The number of hydrogen-bond acceptors (Lipinski definition) is 6. The highest BCUT2D eigenvalue weighted by Crippen LogP contribution is 2.20. The Labute approximate surface area is 167 Å². The number of carbonyl (C=O) groups is 2. The van der Waals surface area contributed by atoms with E-state index >= 15 is 0 Å². The fraction of sp³-hybridized carbons (Fsp3) is 0.619. The zero-order valence-electron chi connectivity index (χ0n) is 16.7. The number of Topliss-reactive ketones (excluding diaryl/α,β-unsaturated/α-hetero) is 1. The van der Waals surface area contributed by atoms with Crippen molar-refractivity contribution in [3.05, 3.63) is 35.9 Å². The van der Waals surface area contributed by atoms with Gasteiger partial charge in [-0.1, -0.05) is 50.1 Å². The van der Waals surface area contributed by atoms with E-state index in [2.05, 4.69) is 17.1 Å². The molecule has 7 heteroatoms. The van der Waals surface area contributed by atoms with Gasteiger partial charge >= 0.3 is 0 Å². The third-order valence-electron chi connectivity index (χ3n) is 5.08. The molecule has 1 fully saturated rings. The van der Waals surface area contributed by atoms with Gasteiger partial charge in [0.2, 0.25) is 5.91 Å². The highest BCUT2D eigenvalue weighted by Gasteiger charge is 2.29. The number of unbranched alkanes of at least 4 members (excludes halogenated alkanes) is 2. The average Bonchev–Trinajstić information content (AvgIpc) is 2.73. The number of nitrogens with zero attached hydrogens (tertiary/aromatic N) is 1. The molecule has 3 unspecified atom stereocenters. The van der Waals surface area contributed by atoms with Crippen LogP contribution < -0.4 is 11.1 Å². The van der Waals surface area contributed by atoms with Crippen molar-refractivity contribution < 1.29 is 19.4 Å². The number of rotatable bonds is 11. The number of morpholine rings is 1. The van der Waals surface area contributed by atoms with Gasteiger partial charge in [-0.2, -0.15) is 0 Å². The molecule has 1 amide bonds. The molecule has 1 aliphatic rings. The minimum absolute atomic E-state index is 0.240. The van der Waals surface area contributed by atoms with E-state index in [0.717, 1.165) is 24.8 Å². The second-order valence-electron chi connectivity index (χ2n) is 7.24. The fourth-order valence-electron chi connectivity index (χ4n) is 3.32. The number of ether oxygens (including phenoxy) is 1. The van der Waals surface area contributed by atoms with Crippen molar-refractivity contribution in [2.75, 3.05) is 26.3 Å². The molecule has 1 saturated heterocycles. The minimum atomic E-state index is -1.17. The Kier molecular flexibility index (Phi) is 9.57. The van der Waals surface area contributed by atoms with Crippen LogP contribution in [0, 0.1) is 0 Å². The molecule has 1 aromatic carbocycles. The van der Waals surface area contributed by atoms with Gasteiger partial charge in [-0.15, -0.1) is 0 Å². The van der Waals surface area contributed by atoms with Crippen LogP contribution in [0.1, 0.15) is 50.7 Å². The molecular weight excluding hydrogens is 358 g/mol. The van der Waals surface area contributed by atoms with Crippen LogP contribution in [-0.4, -0.2) is 60.2 Å². The SMILES string of the molecule is CCCCCC(=O)C(N)C(=O)NC(CC(O)c1ccccc1)N1CCOCC1.